The summed E-state index contributed by atoms with van der Waals surface area (Å²) in [6.07, 6.45) is 5.39. The lowest BCUT2D eigenvalue weighted by atomic mass is 10.3. The van der Waals surface area contributed by atoms with Gasteiger partial charge in [0.1, 0.15) is 11.0 Å². The van der Waals surface area contributed by atoms with E-state index >= 15 is 0 Å². The van der Waals surface area contributed by atoms with Crippen LogP contribution in [0.3, 0.4) is 0 Å². The Bertz CT molecular complexity index is 348. The van der Waals surface area contributed by atoms with Gasteiger partial charge in [-0.2, -0.15) is 4.98 Å². The van der Waals surface area contributed by atoms with E-state index in [1.807, 2.05) is 0 Å². The number of rotatable bonds is 5. The molecule has 0 aromatic carbocycles. The molecule has 5 nitrogen and oxygen atoms in total. The maximum Gasteiger partial charge on any atom is 0.223 e. The van der Waals surface area contributed by atoms with E-state index in [4.69, 9.17) is 22.1 Å². The van der Waals surface area contributed by atoms with Gasteiger partial charge < -0.3 is 15.8 Å². The molecule has 0 unspecified atom stereocenters. The van der Waals surface area contributed by atoms with Crippen molar-refractivity contribution in [1.29, 1.82) is 0 Å². The predicted molar refractivity (Wildman–Crippen MR) is 68.2 cm³/mol. The molecule has 1 aliphatic rings. The number of nitrogens with one attached hydrogen (secondary N) is 1. The lowest BCUT2D eigenvalue weighted by Gasteiger charge is -2.11. The normalized spacial score (nSPS) is 16.3. The first-order chi connectivity index (χ1) is 8.24. The molecule has 17 heavy (non-hydrogen) atoms. The Morgan fingerprint density at radius 3 is 2.88 bits per heavy atom. The largest absolute Gasteiger partial charge is 0.376 e. The topological polar surface area (TPSA) is 73.1 Å². The van der Waals surface area contributed by atoms with Crippen molar-refractivity contribution < 1.29 is 4.74 Å². The summed E-state index contributed by atoms with van der Waals surface area (Å²) >= 11 is 5.76. The third kappa shape index (κ3) is 4.02. The Morgan fingerprint density at radius 2 is 2.18 bits per heavy atom. The Kier molecular flexibility index (Phi) is 4.39. The first-order valence-corrected chi connectivity index (χ1v) is 6.27. The van der Waals surface area contributed by atoms with Crippen molar-refractivity contribution in [2.75, 3.05) is 24.2 Å². The van der Waals surface area contributed by atoms with Crippen LogP contribution in [0.1, 0.15) is 25.7 Å². The maximum absolute atomic E-state index is 5.76. The second-order valence-corrected chi connectivity index (χ2v) is 4.53. The Morgan fingerprint density at radius 1 is 1.41 bits per heavy atom. The number of ether oxygens (including phenoxy) is 1. The van der Waals surface area contributed by atoms with Crippen LogP contribution in [0.25, 0.3) is 0 Å². The average molecular weight is 257 g/mol. The van der Waals surface area contributed by atoms with Crippen LogP contribution in [0.15, 0.2) is 6.07 Å². The predicted octanol–water partition coefficient (Wildman–Crippen LogP) is 2.08. The van der Waals surface area contributed by atoms with Crippen molar-refractivity contribution in [3.63, 3.8) is 0 Å². The minimum absolute atomic E-state index is 0.178. The molecule has 0 amide bonds. The van der Waals surface area contributed by atoms with Gasteiger partial charge in [-0.05, 0) is 12.8 Å². The first kappa shape index (κ1) is 12.4. The Labute approximate surface area is 106 Å². The minimum atomic E-state index is 0.178. The van der Waals surface area contributed by atoms with Crippen LogP contribution in [0.2, 0.25) is 5.15 Å². The molecule has 1 heterocycles. The van der Waals surface area contributed by atoms with E-state index in [2.05, 4.69) is 15.3 Å². The number of hydrogen-bond donors (Lipinski definition) is 2. The molecule has 0 aliphatic heterocycles. The molecular weight excluding hydrogens is 240 g/mol. The Hall–Kier alpha value is -1.07. The molecule has 1 saturated carbocycles. The van der Waals surface area contributed by atoms with E-state index in [1.165, 1.54) is 25.7 Å². The third-order valence-corrected chi connectivity index (χ3v) is 2.97. The monoisotopic (exact) mass is 256 g/mol. The van der Waals surface area contributed by atoms with E-state index in [0.29, 0.717) is 30.2 Å². The molecule has 2 rings (SSSR count). The number of halogens is 1. The minimum Gasteiger partial charge on any atom is -0.376 e. The number of nitrogens with zero attached hydrogens (tertiary/aromatic N) is 2. The zero-order valence-electron chi connectivity index (χ0n) is 9.66. The summed E-state index contributed by atoms with van der Waals surface area (Å²) in [6.45, 7) is 1.37. The molecule has 3 N–H and O–H groups in total. The fourth-order valence-electron chi connectivity index (χ4n) is 1.99. The van der Waals surface area contributed by atoms with Crippen LogP contribution in [0, 0.1) is 0 Å². The first-order valence-electron chi connectivity index (χ1n) is 5.89. The van der Waals surface area contributed by atoms with Gasteiger partial charge in [0, 0.05) is 12.6 Å². The lowest BCUT2D eigenvalue weighted by Crippen LogP contribution is -2.16. The molecule has 1 aromatic rings. The average Bonchev–Trinajstić information content (AvgIpc) is 2.76. The van der Waals surface area contributed by atoms with Crippen LogP contribution >= 0.6 is 11.6 Å². The second kappa shape index (κ2) is 6.02. The lowest BCUT2D eigenvalue weighted by molar-refractivity contribution is 0.0658. The van der Waals surface area contributed by atoms with Gasteiger partial charge in [0.25, 0.3) is 0 Å². The molecule has 0 spiro atoms. The summed E-state index contributed by atoms with van der Waals surface area (Å²) in [4.78, 5) is 7.81. The van der Waals surface area contributed by atoms with Gasteiger partial charge in [-0.25, -0.2) is 4.98 Å². The van der Waals surface area contributed by atoms with Gasteiger partial charge in [0.15, 0.2) is 0 Å². The van der Waals surface area contributed by atoms with Gasteiger partial charge in [0.2, 0.25) is 5.95 Å². The zero-order chi connectivity index (χ0) is 12.1. The quantitative estimate of drug-likeness (QED) is 0.623. The molecule has 0 bridgehead atoms. The van der Waals surface area contributed by atoms with Crippen LogP contribution < -0.4 is 11.1 Å². The molecule has 1 fully saturated rings. The number of hydrogen-bond acceptors (Lipinski definition) is 5. The van der Waals surface area contributed by atoms with Gasteiger partial charge >= 0.3 is 0 Å². The molecule has 0 radical (unpaired) electrons. The molecular formula is C11H17ClN4O. The fourth-order valence-corrected chi connectivity index (χ4v) is 2.18. The van der Waals surface area contributed by atoms with Gasteiger partial charge in [0.05, 0.1) is 12.7 Å². The van der Waals surface area contributed by atoms with Crippen LogP contribution in [0.5, 0.6) is 0 Å². The van der Waals surface area contributed by atoms with Gasteiger partial charge in [-0.1, -0.05) is 24.4 Å². The highest BCUT2D eigenvalue weighted by atomic mass is 35.5. The van der Waals surface area contributed by atoms with Crippen molar-refractivity contribution in [3.8, 4) is 0 Å². The molecule has 94 valence electrons. The van der Waals surface area contributed by atoms with Crippen molar-refractivity contribution >= 4 is 23.4 Å². The maximum atomic E-state index is 5.76. The fraction of sp³-hybridized carbons (Fsp3) is 0.636. The van der Waals surface area contributed by atoms with Crippen LogP contribution in [0.4, 0.5) is 11.8 Å². The highest BCUT2D eigenvalue weighted by molar-refractivity contribution is 6.29. The van der Waals surface area contributed by atoms with E-state index in [0.717, 1.165) is 0 Å². The summed E-state index contributed by atoms with van der Waals surface area (Å²) in [5, 5.41) is 3.45. The van der Waals surface area contributed by atoms with Crippen molar-refractivity contribution in [2.45, 2.75) is 31.8 Å². The smallest absolute Gasteiger partial charge is 0.223 e. The number of anilines is 2. The van der Waals surface area contributed by atoms with Crippen LogP contribution in [-0.4, -0.2) is 29.2 Å². The summed E-state index contributed by atoms with van der Waals surface area (Å²) in [5.41, 5.74) is 5.49. The molecule has 1 aromatic heterocycles. The SMILES string of the molecule is Nc1nc(Cl)cc(NCCOC2CCCC2)n1. The van der Waals surface area contributed by atoms with Gasteiger partial charge in [-0.15, -0.1) is 0 Å². The highest BCUT2D eigenvalue weighted by Gasteiger charge is 2.14. The highest BCUT2D eigenvalue weighted by Crippen LogP contribution is 2.20. The molecule has 0 saturated heterocycles. The van der Waals surface area contributed by atoms with Crippen molar-refractivity contribution in [1.82, 2.24) is 9.97 Å². The van der Waals surface area contributed by atoms with E-state index in [-0.39, 0.29) is 5.95 Å². The molecule has 1 aliphatic carbocycles. The van der Waals surface area contributed by atoms with E-state index in [9.17, 15) is 0 Å². The van der Waals surface area contributed by atoms with E-state index in [1.54, 1.807) is 6.07 Å². The van der Waals surface area contributed by atoms with Crippen LogP contribution in [-0.2, 0) is 4.74 Å². The third-order valence-electron chi connectivity index (χ3n) is 2.78. The zero-order valence-corrected chi connectivity index (χ0v) is 10.4. The number of nitrogens with two attached hydrogens (primary N) is 1. The van der Waals surface area contributed by atoms with Gasteiger partial charge in [-0.3, -0.25) is 0 Å². The van der Waals surface area contributed by atoms with Crippen molar-refractivity contribution in [2.24, 2.45) is 0 Å². The number of nitrogen functional groups attached to an aromatic ring is 1. The summed E-state index contributed by atoms with van der Waals surface area (Å²) < 4.78 is 5.72. The summed E-state index contributed by atoms with van der Waals surface area (Å²) in [7, 11) is 0. The second-order valence-electron chi connectivity index (χ2n) is 4.14. The standard InChI is InChI=1S/C11H17ClN4O/c12-9-7-10(16-11(13)15-9)14-5-6-17-8-3-1-2-4-8/h7-8H,1-6H2,(H3,13,14,15,16). The molecule has 0 atom stereocenters. The Balaban J connectivity index is 1.70. The summed E-state index contributed by atoms with van der Waals surface area (Å²) in [6, 6.07) is 1.65. The summed E-state index contributed by atoms with van der Waals surface area (Å²) in [5.74, 6) is 0.814. The number of aromatic nitrogens is 2. The van der Waals surface area contributed by atoms with E-state index < -0.39 is 0 Å². The molecule has 6 heteroatoms. The van der Waals surface area contributed by atoms with Crippen molar-refractivity contribution in [3.05, 3.63) is 11.2 Å².